The van der Waals surface area contributed by atoms with E-state index in [-0.39, 0.29) is 46.2 Å². The van der Waals surface area contributed by atoms with Crippen LogP contribution in [0, 0.1) is 12.8 Å². The molecule has 366 valence electrons. The molecule has 9 heteroatoms. The predicted octanol–water partition coefficient (Wildman–Crippen LogP) is 15.0. The van der Waals surface area contributed by atoms with Crippen molar-refractivity contribution in [2.75, 3.05) is 15.1 Å². The molecule has 0 bridgehead atoms. The molecule has 0 spiro atoms. The van der Waals surface area contributed by atoms with E-state index in [2.05, 4.69) is 187 Å². The fourth-order valence-electron chi connectivity index (χ4n) is 11.5. The third kappa shape index (κ3) is 11.1. The van der Waals surface area contributed by atoms with Gasteiger partial charge < -0.3 is 25.5 Å². The Balaban J connectivity index is 1.09. The minimum absolute atomic E-state index is 0.0232. The Morgan fingerprint density at radius 1 is 0.529 bits per heavy atom. The first-order valence-corrected chi connectivity index (χ1v) is 25.1. The summed E-state index contributed by atoms with van der Waals surface area (Å²) < 4.78 is 0. The highest BCUT2D eigenvalue weighted by atomic mass is 16.5. The molecular formula is C61H73N5O4. The van der Waals surface area contributed by atoms with Gasteiger partial charge in [0.15, 0.2) is 11.6 Å². The van der Waals surface area contributed by atoms with E-state index in [4.69, 9.17) is 0 Å². The van der Waals surface area contributed by atoms with Crippen molar-refractivity contribution in [3.05, 3.63) is 173 Å². The third-order valence-electron chi connectivity index (χ3n) is 14.6. The topological polar surface area (TPSA) is 99.6 Å². The van der Waals surface area contributed by atoms with Crippen molar-refractivity contribution in [1.82, 2.24) is 10.1 Å². The van der Waals surface area contributed by atoms with Crippen LogP contribution < -0.4 is 15.1 Å². The largest absolute Gasteiger partial charge is 0.382 e. The van der Waals surface area contributed by atoms with Crippen molar-refractivity contribution in [2.24, 2.45) is 5.92 Å². The summed E-state index contributed by atoms with van der Waals surface area (Å²) >= 11 is 0. The summed E-state index contributed by atoms with van der Waals surface area (Å²) in [7, 11) is 0. The molecular weight excluding hydrogens is 867 g/mol. The van der Waals surface area contributed by atoms with Gasteiger partial charge in [0, 0.05) is 92.0 Å². The van der Waals surface area contributed by atoms with E-state index in [9.17, 15) is 20.0 Å². The average Bonchev–Trinajstić information content (AvgIpc) is 3.32. The number of aryl methyl sites for hydroxylation is 1. The van der Waals surface area contributed by atoms with Crippen LogP contribution in [0.1, 0.15) is 132 Å². The number of hydrogen-bond acceptors (Lipinski definition) is 9. The van der Waals surface area contributed by atoms with Crippen LogP contribution in [-0.2, 0) is 12.8 Å². The lowest BCUT2D eigenvalue weighted by atomic mass is 9.73. The molecule has 0 amide bonds. The molecule has 0 radical (unpaired) electrons. The summed E-state index contributed by atoms with van der Waals surface area (Å²) in [6.07, 6.45) is 5.01. The lowest BCUT2D eigenvalue weighted by Crippen LogP contribution is -2.61. The Morgan fingerprint density at radius 2 is 0.900 bits per heavy atom. The molecule has 0 aliphatic carbocycles. The van der Waals surface area contributed by atoms with Crippen LogP contribution in [0.4, 0.5) is 39.8 Å². The monoisotopic (exact) mass is 940 g/mol. The van der Waals surface area contributed by atoms with Gasteiger partial charge >= 0.3 is 0 Å². The van der Waals surface area contributed by atoms with Gasteiger partial charge in [-0.05, 0) is 202 Å². The summed E-state index contributed by atoms with van der Waals surface area (Å²) in [5.41, 5.74) is 10.2. The maximum absolute atomic E-state index is 13.5. The second-order valence-corrected chi connectivity index (χ2v) is 22.5. The second kappa shape index (κ2) is 20.0. The van der Waals surface area contributed by atoms with Gasteiger partial charge in [-0.15, -0.1) is 0 Å². The molecule has 0 saturated carbocycles. The molecule has 70 heavy (non-hydrogen) atoms. The molecule has 3 N–H and O–H groups in total. The summed E-state index contributed by atoms with van der Waals surface area (Å²) in [5.74, 6) is 0.426. The molecule has 2 aliphatic heterocycles. The first kappa shape index (κ1) is 50.3. The molecule has 2 aliphatic rings. The maximum Gasteiger partial charge on any atom is 0.167 e. The lowest BCUT2D eigenvalue weighted by molar-refractivity contribution is -0.250. The molecule has 2 fully saturated rings. The van der Waals surface area contributed by atoms with E-state index in [1.807, 2.05) is 19.1 Å². The van der Waals surface area contributed by atoms with Crippen LogP contribution >= 0.6 is 0 Å². The van der Waals surface area contributed by atoms with Crippen LogP contribution in [0.15, 0.2) is 146 Å². The zero-order valence-electron chi connectivity index (χ0n) is 43.0. The third-order valence-corrected chi connectivity index (χ3v) is 14.6. The van der Waals surface area contributed by atoms with Crippen molar-refractivity contribution in [3.63, 3.8) is 0 Å². The standard InChI is InChI=1S/C61H73N5O4/c1-11-56(67)46-13-12-14-47(37-46)57(68)36-44-19-27-52(28-20-44)64(51-25-17-43(18-26-51)35-45-38-58(3,4)65(69)59(5,6)39-45)55-33-31-54(32-34-55)63(50-23-15-42(2)16-24-50)53-29-21-48(22-30-53)62-49-40-60(7,8)66(70)61(9,10)41-49/h12-34,37,45,49,62,69-70H,11,35-36,38-41H2,1-10H3. The highest BCUT2D eigenvalue weighted by Gasteiger charge is 2.46. The SMILES string of the molecule is CCC(=O)c1cccc(C(=O)Cc2ccc(N(c3ccc(CC4CC(C)(C)N(O)C(C)(C)C4)cc3)c3ccc(N(c4ccc(C)cc4)c4ccc(NC5CC(C)(C)N(O)C(C)(C)C5)cc4)cc3)cc2)c1. The number of nitrogens with one attached hydrogen (secondary N) is 1. The van der Waals surface area contributed by atoms with E-state index in [0.717, 1.165) is 77.5 Å². The number of rotatable bonds is 15. The minimum Gasteiger partial charge on any atom is -0.382 e. The molecule has 6 aromatic rings. The molecule has 8 rings (SSSR count). The van der Waals surface area contributed by atoms with Crippen molar-refractivity contribution in [3.8, 4) is 0 Å². The van der Waals surface area contributed by atoms with E-state index >= 15 is 0 Å². The summed E-state index contributed by atoms with van der Waals surface area (Å²) in [5, 5.41) is 28.7. The number of ketones is 2. The number of carbonyl (C=O) groups excluding carboxylic acids is 2. The van der Waals surface area contributed by atoms with Crippen LogP contribution in [0.25, 0.3) is 0 Å². The molecule has 2 heterocycles. The Morgan fingerprint density at radius 3 is 1.34 bits per heavy atom. The van der Waals surface area contributed by atoms with E-state index in [1.54, 1.807) is 29.3 Å². The molecule has 0 unspecified atom stereocenters. The van der Waals surface area contributed by atoms with Gasteiger partial charge in [0.05, 0.1) is 0 Å². The first-order chi connectivity index (χ1) is 33.1. The number of anilines is 7. The smallest absolute Gasteiger partial charge is 0.167 e. The molecule has 9 nitrogen and oxygen atoms in total. The number of Topliss-reactive ketones (excluding diaryl/α,β-unsaturated/α-hetero) is 2. The Bertz CT molecular complexity index is 2730. The highest BCUT2D eigenvalue weighted by molar-refractivity contribution is 6.02. The Hall–Kier alpha value is -6.10. The van der Waals surface area contributed by atoms with Gasteiger partial charge in [0.1, 0.15) is 0 Å². The molecule has 0 atom stereocenters. The fourth-order valence-corrected chi connectivity index (χ4v) is 11.5. The number of piperidine rings is 2. The van der Waals surface area contributed by atoms with Gasteiger partial charge in [0.25, 0.3) is 0 Å². The molecule has 0 aromatic heterocycles. The highest BCUT2D eigenvalue weighted by Crippen LogP contribution is 2.44. The average molecular weight is 940 g/mol. The van der Waals surface area contributed by atoms with Crippen LogP contribution in [0.2, 0.25) is 0 Å². The van der Waals surface area contributed by atoms with E-state index < -0.39 is 0 Å². The number of hydrogen-bond donors (Lipinski definition) is 3. The van der Waals surface area contributed by atoms with Crippen molar-refractivity contribution in [1.29, 1.82) is 0 Å². The number of nitrogens with zero attached hydrogens (tertiary/aromatic N) is 4. The van der Waals surface area contributed by atoms with Crippen molar-refractivity contribution in [2.45, 2.75) is 142 Å². The van der Waals surface area contributed by atoms with Gasteiger partial charge in [-0.25, -0.2) is 0 Å². The van der Waals surface area contributed by atoms with Gasteiger partial charge in [-0.2, -0.15) is 10.1 Å². The lowest BCUT2D eigenvalue weighted by Gasteiger charge is -2.51. The molecule has 2 saturated heterocycles. The maximum atomic E-state index is 13.5. The summed E-state index contributed by atoms with van der Waals surface area (Å²) in [4.78, 5) is 30.5. The normalized spacial score (nSPS) is 18.0. The van der Waals surface area contributed by atoms with Gasteiger partial charge in [-0.3, -0.25) is 9.59 Å². The van der Waals surface area contributed by atoms with Gasteiger partial charge in [-0.1, -0.05) is 67.1 Å². The second-order valence-electron chi connectivity index (χ2n) is 22.5. The molecule has 6 aromatic carbocycles. The minimum atomic E-state index is -0.350. The van der Waals surface area contributed by atoms with Crippen LogP contribution in [-0.4, -0.2) is 60.3 Å². The number of benzene rings is 6. The van der Waals surface area contributed by atoms with Crippen LogP contribution in [0.3, 0.4) is 0 Å². The summed E-state index contributed by atoms with van der Waals surface area (Å²) in [6.45, 7) is 20.8. The van der Waals surface area contributed by atoms with Crippen LogP contribution in [0.5, 0.6) is 0 Å². The van der Waals surface area contributed by atoms with Crippen molar-refractivity contribution < 1.29 is 20.0 Å². The van der Waals surface area contributed by atoms with Crippen molar-refractivity contribution >= 4 is 51.4 Å². The first-order valence-electron chi connectivity index (χ1n) is 25.1. The Labute approximate surface area is 416 Å². The quantitative estimate of drug-likeness (QED) is 0.0869. The summed E-state index contributed by atoms with van der Waals surface area (Å²) in [6, 6.07) is 50.3. The predicted molar refractivity (Wildman–Crippen MR) is 286 cm³/mol. The number of hydroxylamine groups is 4. The van der Waals surface area contributed by atoms with E-state index in [0.29, 0.717) is 23.5 Å². The van der Waals surface area contributed by atoms with E-state index in [1.165, 1.54) is 16.2 Å². The van der Waals surface area contributed by atoms with Gasteiger partial charge in [0.2, 0.25) is 0 Å². The zero-order chi connectivity index (χ0) is 50.2. The zero-order valence-corrected chi connectivity index (χ0v) is 43.0. The number of carbonyl (C=O) groups is 2. The Kier molecular flexibility index (Phi) is 14.3. The fraction of sp³-hybridized carbons (Fsp3) is 0.377.